The number of carbonyl (C=O) groups is 1. The van der Waals surface area contributed by atoms with E-state index in [0.717, 1.165) is 11.1 Å². The Kier molecular flexibility index (Phi) is 4.82. The third-order valence-corrected chi connectivity index (χ3v) is 3.82. The molecule has 116 valence electrons. The van der Waals surface area contributed by atoms with Gasteiger partial charge in [0.25, 0.3) is 0 Å². The number of benzene rings is 2. The van der Waals surface area contributed by atoms with Crippen LogP contribution in [0.3, 0.4) is 0 Å². The fourth-order valence-electron chi connectivity index (χ4n) is 2.44. The highest BCUT2D eigenvalue weighted by molar-refractivity contribution is 6.01. The number of aliphatic hydroxyl groups excluding tert-OH is 1. The molecule has 0 fully saturated rings. The topological polar surface area (TPSA) is 37.3 Å². The van der Waals surface area contributed by atoms with Crippen molar-refractivity contribution in [2.45, 2.75) is 40.2 Å². The van der Waals surface area contributed by atoms with Crippen LogP contribution >= 0.6 is 0 Å². The van der Waals surface area contributed by atoms with Crippen LogP contribution < -0.4 is 0 Å². The maximum Gasteiger partial charge on any atom is 0.168 e. The summed E-state index contributed by atoms with van der Waals surface area (Å²) in [4.78, 5) is 12.6. The monoisotopic (exact) mass is 296 g/mol. The zero-order chi connectivity index (χ0) is 16.3. The van der Waals surface area contributed by atoms with Gasteiger partial charge in [-0.05, 0) is 18.1 Å². The lowest BCUT2D eigenvalue weighted by Crippen LogP contribution is -2.22. The van der Waals surface area contributed by atoms with Gasteiger partial charge in [-0.3, -0.25) is 4.79 Å². The van der Waals surface area contributed by atoms with E-state index in [9.17, 15) is 9.90 Å². The van der Waals surface area contributed by atoms with Crippen LogP contribution in [-0.4, -0.2) is 10.9 Å². The average Bonchev–Trinajstić information content (AvgIpc) is 2.46. The molecule has 2 aromatic rings. The average molecular weight is 296 g/mol. The molecule has 2 aromatic carbocycles. The van der Waals surface area contributed by atoms with E-state index in [2.05, 4.69) is 0 Å². The predicted octanol–water partition coefficient (Wildman–Crippen LogP) is 4.50. The minimum Gasteiger partial charge on any atom is -0.388 e. The third-order valence-electron chi connectivity index (χ3n) is 3.82. The first-order chi connectivity index (χ1) is 10.3. The Labute approximate surface area is 132 Å². The molecule has 1 atom stereocenters. The molecule has 1 N–H and O–H groups in total. The van der Waals surface area contributed by atoms with Gasteiger partial charge in [0.05, 0.1) is 6.10 Å². The second kappa shape index (κ2) is 6.45. The fraction of sp³-hybridized carbons (Fsp3) is 0.350. The number of ketones is 1. The summed E-state index contributed by atoms with van der Waals surface area (Å²) < 4.78 is 0. The molecule has 0 aliphatic heterocycles. The Morgan fingerprint density at radius 3 is 2.23 bits per heavy atom. The number of rotatable bonds is 4. The molecule has 0 saturated carbocycles. The van der Waals surface area contributed by atoms with E-state index < -0.39 is 11.5 Å². The number of aliphatic hydroxyl groups is 1. The van der Waals surface area contributed by atoms with Crippen LogP contribution in [0.25, 0.3) is 0 Å². The van der Waals surface area contributed by atoms with Crippen molar-refractivity contribution in [3.05, 3.63) is 70.8 Å². The quantitative estimate of drug-likeness (QED) is 0.843. The molecular weight excluding hydrogens is 272 g/mol. The normalized spacial score (nSPS) is 13.0. The van der Waals surface area contributed by atoms with E-state index in [1.807, 2.05) is 76.2 Å². The summed E-state index contributed by atoms with van der Waals surface area (Å²) in [7, 11) is 0. The maximum atomic E-state index is 12.6. The second-order valence-corrected chi connectivity index (χ2v) is 6.87. The molecule has 22 heavy (non-hydrogen) atoms. The van der Waals surface area contributed by atoms with Crippen LogP contribution in [0.5, 0.6) is 0 Å². The molecule has 0 amide bonds. The lowest BCUT2D eigenvalue weighted by Gasteiger charge is -2.20. The van der Waals surface area contributed by atoms with Crippen molar-refractivity contribution in [1.29, 1.82) is 0 Å². The number of Topliss-reactive ketones (excluding diaryl/α,β-unsaturated/α-hetero) is 1. The molecule has 0 heterocycles. The maximum absolute atomic E-state index is 12.6. The van der Waals surface area contributed by atoms with Gasteiger partial charge in [-0.1, -0.05) is 74.9 Å². The van der Waals surface area contributed by atoms with Crippen molar-refractivity contribution in [2.24, 2.45) is 5.41 Å². The van der Waals surface area contributed by atoms with Gasteiger partial charge in [-0.15, -0.1) is 0 Å². The molecule has 1 unspecified atom stereocenters. The van der Waals surface area contributed by atoms with Gasteiger partial charge in [-0.25, -0.2) is 0 Å². The summed E-state index contributed by atoms with van der Waals surface area (Å²) >= 11 is 0. The van der Waals surface area contributed by atoms with Gasteiger partial charge in [0, 0.05) is 17.4 Å². The van der Waals surface area contributed by atoms with Crippen LogP contribution in [0.15, 0.2) is 48.5 Å². The lowest BCUT2D eigenvalue weighted by atomic mass is 9.83. The van der Waals surface area contributed by atoms with Crippen molar-refractivity contribution in [1.82, 2.24) is 0 Å². The molecule has 0 radical (unpaired) electrons. The van der Waals surface area contributed by atoms with Gasteiger partial charge in [0.15, 0.2) is 5.78 Å². The van der Waals surface area contributed by atoms with Gasteiger partial charge in [0.2, 0.25) is 0 Å². The van der Waals surface area contributed by atoms with E-state index in [1.54, 1.807) is 0 Å². The highest BCUT2D eigenvalue weighted by atomic mass is 16.3. The van der Waals surface area contributed by atoms with Crippen molar-refractivity contribution in [3.63, 3.8) is 0 Å². The van der Waals surface area contributed by atoms with Crippen molar-refractivity contribution < 1.29 is 9.90 Å². The first-order valence-electron chi connectivity index (χ1n) is 7.66. The van der Waals surface area contributed by atoms with Gasteiger partial charge >= 0.3 is 0 Å². The Morgan fingerprint density at radius 1 is 1.05 bits per heavy atom. The van der Waals surface area contributed by atoms with E-state index in [0.29, 0.717) is 12.0 Å². The first kappa shape index (κ1) is 16.4. The summed E-state index contributed by atoms with van der Waals surface area (Å²) in [5, 5.41) is 10.5. The van der Waals surface area contributed by atoms with Crippen LogP contribution in [-0.2, 0) is 6.42 Å². The fourth-order valence-corrected chi connectivity index (χ4v) is 2.44. The van der Waals surface area contributed by atoms with Crippen LogP contribution in [0, 0.1) is 12.3 Å². The van der Waals surface area contributed by atoms with Gasteiger partial charge in [0.1, 0.15) is 0 Å². The molecule has 0 aliphatic rings. The minimum absolute atomic E-state index is 0.110. The minimum atomic E-state index is -0.602. The molecule has 0 aromatic heterocycles. The van der Waals surface area contributed by atoms with Crippen LogP contribution in [0.2, 0.25) is 0 Å². The van der Waals surface area contributed by atoms with Crippen LogP contribution in [0.1, 0.15) is 53.9 Å². The SMILES string of the molecule is Cc1ccc(C(O)Cc2ccccc2C(=O)C(C)(C)C)cc1. The predicted molar refractivity (Wildman–Crippen MR) is 90.1 cm³/mol. The third kappa shape index (κ3) is 3.83. The summed E-state index contributed by atoms with van der Waals surface area (Å²) in [6.07, 6.45) is -0.157. The Bertz CT molecular complexity index is 648. The molecule has 0 spiro atoms. The Hall–Kier alpha value is -1.93. The Balaban J connectivity index is 2.26. The highest BCUT2D eigenvalue weighted by Crippen LogP contribution is 2.26. The summed E-state index contributed by atoms with van der Waals surface area (Å²) in [5.41, 5.74) is 3.23. The molecule has 0 bridgehead atoms. The summed E-state index contributed by atoms with van der Waals surface area (Å²) in [6.45, 7) is 7.78. The standard InChI is InChI=1S/C20H24O2/c1-14-9-11-15(12-10-14)18(21)13-16-7-5-6-8-17(16)19(22)20(2,3)4/h5-12,18,21H,13H2,1-4H3. The lowest BCUT2D eigenvalue weighted by molar-refractivity contribution is 0.0856. The number of aryl methyl sites for hydroxylation is 1. The van der Waals surface area contributed by atoms with E-state index >= 15 is 0 Å². The number of carbonyl (C=O) groups excluding carboxylic acids is 1. The van der Waals surface area contributed by atoms with E-state index in [-0.39, 0.29) is 5.78 Å². The molecular formula is C20H24O2. The highest BCUT2D eigenvalue weighted by Gasteiger charge is 2.25. The van der Waals surface area contributed by atoms with E-state index in [1.165, 1.54) is 5.56 Å². The van der Waals surface area contributed by atoms with Crippen molar-refractivity contribution >= 4 is 5.78 Å². The molecule has 2 rings (SSSR count). The summed E-state index contributed by atoms with van der Waals surface area (Å²) in [5.74, 6) is 0.110. The zero-order valence-electron chi connectivity index (χ0n) is 13.8. The molecule has 0 aliphatic carbocycles. The largest absolute Gasteiger partial charge is 0.388 e. The smallest absolute Gasteiger partial charge is 0.168 e. The zero-order valence-corrected chi connectivity index (χ0v) is 13.8. The van der Waals surface area contributed by atoms with Crippen molar-refractivity contribution in [3.8, 4) is 0 Å². The summed E-state index contributed by atoms with van der Waals surface area (Å²) in [6, 6.07) is 15.4. The van der Waals surface area contributed by atoms with Crippen molar-refractivity contribution in [2.75, 3.05) is 0 Å². The Morgan fingerprint density at radius 2 is 1.64 bits per heavy atom. The number of hydrogen-bond donors (Lipinski definition) is 1. The van der Waals surface area contributed by atoms with Gasteiger partial charge < -0.3 is 5.11 Å². The molecule has 0 saturated heterocycles. The van der Waals surface area contributed by atoms with Gasteiger partial charge in [-0.2, -0.15) is 0 Å². The van der Waals surface area contributed by atoms with Crippen LogP contribution in [0.4, 0.5) is 0 Å². The molecule has 2 nitrogen and oxygen atoms in total. The number of hydrogen-bond acceptors (Lipinski definition) is 2. The molecule has 2 heteroatoms. The second-order valence-electron chi connectivity index (χ2n) is 6.87. The first-order valence-corrected chi connectivity index (χ1v) is 7.66. The van der Waals surface area contributed by atoms with E-state index in [4.69, 9.17) is 0 Å².